The van der Waals surface area contributed by atoms with Crippen LogP contribution >= 0.6 is 11.6 Å². The van der Waals surface area contributed by atoms with Crippen LogP contribution in [0.2, 0.25) is 5.02 Å². The molecule has 3 rings (SSSR count). The molecule has 1 aromatic heterocycles. The van der Waals surface area contributed by atoms with E-state index in [-0.39, 0.29) is 17.3 Å². The van der Waals surface area contributed by atoms with Gasteiger partial charge in [-0.3, -0.25) is 4.79 Å². The van der Waals surface area contributed by atoms with Crippen molar-refractivity contribution < 1.29 is 27.4 Å². The van der Waals surface area contributed by atoms with Gasteiger partial charge in [-0.05, 0) is 35.9 Å². The molecule has 31 heavy (non-hydrogen) atoms. The Morgan fingerprint density at radius 1 is 1.13 bits per heavy atom. The molecule has 0 N–H and O–H groups in total. The summed E-state index contributed by atoms with van der Waals surface area (Å²) < 4.78 is 52.7. The standard InChI is InChI=1S/C21H19ClF3N3O3/c1-27(12-13-7-8-17(30-2)18(9-13)31-3)20(29)16-11-26-28(19(16)21(23,24)25)15-6-4-5-14(22)10-15/h4-11H,12H2,1-3H3. The van der Waals surface area contributed by atoms with Gasteiger partial charge in [0.1, 0.15) is 0 Å². The van der Waals surface area contributed by atoms with Gasteiger partial charge in [0.05, 0.1) is 31.7 Å². The van der Waals surface area contributed by atoms with E-state index in [1.54, 1.807) is 18.2 Å². The van der Waals surface area contributed by atoms with Crippen LogP contribution in [0.4, 0.5) is 13.2 Å². The van der Waals surface area contributed by atoms with Gasteiger partial charge in [-0.15, -0.1) is 0 Å². The van der Waals surface area contributed by atoms with E-state index < -0.39 is 23.3 Å². The first-order chi connectivity index (χ1) is 14.7. The molecule has 0 spiro atoms. The number of carbonyl (C=O) groups is 1. The Bertz CT molecular complexity index is 1100. The number of ether oxygens (including phenoxy) is 2. The average molecular weight is 454 g/mol. The second-order valence-corrected chi connectivity index (χ2v) is 7.08. The van der Waals surface area contributed by atoms with Gasteiger partial charge in [-0.1, -0.05) is 23.7 Å². The Morgan fingerprint density at radius 3 is 2.45 bits per heavy atom. The molecule has 10 heteroatoms. The summed E-state index contributed by atoms with van der Waals surface area (Å²) in [7, 11) is 4.37. The lowest BCUT2D eigenvalue weighted by atomic mass is 10.1. The first-order valence-electron chi connectivity index (χ1n) is 9.03. The van der Waals surface area contributed by atoms with Crippen molar-refractivity contribution in [3.8, 4) is 17.2 Å². The second-order valence-electron chi connectivity index (χ2n) is 6.65. The highest BCUT2D eigenvalue weighted by Gasteiger charge is 2.41. The highest BCUT2D eigenvalue weighted by Crippen LogP contribution is 2.35. The molecule has 0 aliphatic carbocycles. The van der Waals surface area contributed by atoms with E-state index in [4.69, 9.17) is 21.1 Å². The van der Waals surface area contributed by atoms with Crippen LogP contribution in [0.25, 0.3) is 5.69 Å². The Hall–Kier alpha value is -3.20. The Kier molecular flexibility index (Phi) is 6.45. The van der Waals surface area contributed by atoms with Crippen molar-refractivity contribution in [1.29, 1.82) is 0 Å². The van der Waals surface area contributed by atoms with Gasteiger partial charge in [0.25, 0.3) is 5.91 Å². The fourth-order valence-corrected chi connectivity index (χ4v) is 3.30. The highest BCUT2D eigenvalue weighted by atomic mass is 35.5. The lowest BCUT2D eigenvalue weighted by Crippen LogP contribution is -2.28. The number of amides is 1. The van der Waals surface area contributed by atoms with E-state index in [9.17, 15) is 18.0 Å². The molecule has 1 heterocycles. The number of hydrogen-bond acceptors (Lipinski definition) is 4. The molecule has 0 atom stereocenters. The predicted molar refractivity (Wildman–Crippen MR) is 109 cm³/mol. The molecule has 1 amide bonds. The summed E-state index contributed by atoms with van der Waals surface area (Å²) in [5.74, 6) is 0.128. The molecule has 0 bridgehead atoms. The van der Waals surface area contributed by atoms with Gasteiger partial charge in [-0.2, -0.15) is 18.3 Å². The number of halogens is 4. The quantitative estimate of drug-likeness (QED) is 0.536. The van der Waals surface area contributed by atoms with Crippen molar-refractivity contribution in [1.82, 2.24) is 14.7 Å². The first-order valence-corrected chi connectivity index (χ1v) is 9.41. The van der Waals surface area contributed by atoms with E-state index in [1.807, 2.05) is 0 Å². The van der Waals surface area contributed by atoms with E-state index in [0.29, 0.717) is 21.7 Å². The fraction of sp³-hybridized carbons (Fsp3) is 0.238. The normalized spacial score (nSPS) is 11.3. The fourth-order valence-electron chi connectivity index (χ4n) is 3.11. The van der Waals surface area contributed by atoms with E-state index >= 15 is 0 Å². The van der Waals surface area contributed by atoms with Crippen LogP contribution in [0.5, 0.6) is 11.5 Å². The molecule has 3 aromatic rings. The number of hydrogen-bond donors (Lipinski definition) is 0. The monoisotopic (exact) mass is 453 g/mol. The van der Waals surface area contributed by atoms with Crippen LogP contribution in [-0.4, -0.2) is 41.9 Å². The molecular weight excluding hydrogens is 435 g/mol. The maximum atomic E-state index is 13.9. The molecule has 0 fully saturated rings. The molecule has 0 radical (unpaired) electrons. The van der Waals surface area contributed by atoms with E-state index in [2.05, 4.69) is 5.10 Å². The number of benzene rings is 2. The number of alkyl halides is 3. The molecule has 164 valence electrons. The van der Waals surface area contributed by atoms with Gasteiger partial charge < -0.3 is 14.4 Å². The zero-order valence-corrected chi connectivity index (χ0v) is 17.7. The third-order valence-corrected chi connectivity index (χ3v) is 4.77. The molecule has 2 aromatic carbocycles. The van der Waals surface area contributed by atoms with Gasteiger partial charge in [0.2, 0.25) is 0 Å². The first kappa shape index (κ1) is 22.5. The summed E-state index contributed by atoms with van der Waals surface area (Å²) in [6.07, 6.45) is -3.90. The summed E-state index contributed by atoms with van der Waals surface area (Å²) in [5, 5.41) is 4.06. The van der Waals surface area contributed by atoms with Crippen molar-refractivity contribution in [3.63, 3.8) is 0 Å². The van der Waals surface area contributed by atoms with Crippen LogP contribution < -0.4 is 9.47 Å². The number of methoxy groups -OCH3 is 2. The van der Waals surface area contributed by atoms with E-state index in [0.717, 1.165) is 6.20 Å². The summed E-state index contributed by atoms with van der Waals surface area (Å²) >= 11 is 5.90. The summed E-state index contributed by atoms with van der Waals surface area (Å²) in [4.78, 5) is 14.1. The number of carbonyl (C=O) groups excluding carboxylic acids is 1. The van der Waals surface area contributed by atoms with Crippen molar-refractivity contribution >= 4 is 17.5 Å². The SMILES string of the molecule is COc1ccc(CN(C)C(=O)c2cnn(-c3cccc(Cl)c3)c2C(F)(F)F)cc1OC. The molecule has 0 saturated carbocycles. The van der Waals surface area contributed by atoms with E-state index in [1.165, 1.54) is 50.4 Å². The Balaban J connectivity index is 1.94. The van der Waals surface area contributed by atoms with Crippen molar-refractivity contribution in [2.75, 3.05) is 21.3 Å². The van der Waals surface area contributed by atoms with Crippen molar-refractivity contribution in [3.05, 3.63) is 70.5 Å². The minimum atomic E-state index is -4.81. The van der Waals surface area contributed by atoms with Crippen molar-refractivity contribution in [2.45, 2.75) is 12.7 Å². The minimum absolute atomic E-state index is 0.0544. The van der Waals surface area contributed by atoms with Gasteiger partial charge in [-0.25, -0.2) is 4.68 Å². The molecule has 0 aliphatic rings. The molecular formula is C21H19ClF3N3O3. The third kappa shape index (κ3) is 4.77. The van der Waals surface area contributed by atoms with Crippen LogP contribution in [0.1, 0.15) is 21.6 Å². The molecule has 0 aliphatic heterocycles. The van der Waals surface area contributed by atoms with Crippen LogP contribution in [0, 0.1) is 0 Å². The maximum Gasteiger partial charge on any atom is 0.434 e. The number of rotatable bonds is 6. The Morgan fingerprint density at radius 2 is 1.84 bits per heavy atom. The van der Waals surface area contributed by atoms with Crippen LogP contribution in [0.15, 0.2) is 48.7 Å². The predicted octanol–water partition coefficient (Wildman–Crippen LogP) is 4.83. The van der Waals surface area contributed by atoms with Crippen LogP contribution in [0.3, 0.4) is 0 Å². The highest BCUT2D eigenvalue weighted by molar-refractivity contribution is 6.30. The maximum absolute atomic E-state index is 13.9. The summed E-state index contributed by atoms with van der Waals surface area (Å²) in [6, 6.07) is 10.8. The van der Waals surface area contributed by atoms with Gasteiger partial charge in [0, 0.05) is 18.6 Å². The lowest BCUT2D eigenvalue weighted by molar-refractivity contribution is -0.143. The van der Waals surface area contributed by atoms with Gasteiger partial charge in [0.15, 0.2) is 17.2 Å². The summed E-state index contributed by atoms with van der Waals surface area (Å²) in [6.45, 7) is 0.0544. The second kappa shape index (κ2) is 8.89. The smallest absolute Gasteiger partial charge is 0.434 e. The third-order valence-electron chi connectivity index (χ3n) is 4.54. The Labute approximate surface area is 181 Å². The zero-order valence-electron chi connectivity index (χ0n) is 16.9. The molecule has 0 unspecified atom stereocenters. The summed E-state index contributed by atoms with van der Waals surface area (Å²) in [5.41, 5.74) is -0.972. The topological polar surface area (TPSA) is 56.6 Å². The number of nitrogens with zero attached hydrogens (tertiary/aromatic N) is 3. The zero-order chi connectivity index (χ0) is 22.8. The minimum Gasteiger partial charge on any atom is -0.493 e. The van der Waals surface area contributed by atoms with Crippen molar-refractivity contribution in [2.24, 2.45) is 0 Å². The molecule has 6 nitrogen and oxygen atoms in total. The number of aromatic nitrogens is 2. The van der Waals surface area contributed by atoms with Gasteiger partial charge >= 0.3 is 6.18 Å². The van der Waals surface area contributed by atoms with Crippen LogP contribution in [-0.2, 0) is 12.7 Å². The molecule has 0 saturated heterocycles. The lowest BCUT2D eigenvalue weighted by Gasteiger charge is -2.19. The average Bonchev–Trinajstić information content (AvgIpc) is 3.18. The largest absolute Gasteiger partial charge is 0.493 e.